The first-order chi connectivity index (χ1) is 11.6. The molecule has 8 heteroatoms. The van der Waals surface area contributed by atoms with Crippen molar-refractivity contribution in [3.05, 3.63) is 40.8 Å². The molecule has 1 N–H and O–H groups in total. The van der Waals surface area contributed by atoms with Crippen molar-refractivity contribution >= 4 is 15.8 Å². The number of hydrogen-bond donors (Lipinski definition) is 1. The van der Waals surface area contributed by atoms with E-state index in [2.05, 4.69) is 14.7 Å². The third kappa shape index (κ3) is 4.46. The molecule has 7 nitrogen and oxygen atoms in total. The number of sulfonamides is 1. The molecule has 0 saturated heterocycles. The minimum absolute atomic E-state index is 0.0232. The SMILES string of the molecule is COc1cc(C)c(S(=O)(=O)NCc2nc(C)cc(N(C)C)n2)cc1C. The summed E-state index contributed by atoms with van der Waals surface area (Å²) < 4.78 is 33.1. The molecule has 0 aliphatic carbocycles. The van der Waals surface area contributed by atoms with Crippen LogP contribution >= 0.6 is 0 Å². The summed E-state index contributed by atoms with van der Waals surface area (Å²) >= 11 is 0. The number of aromatic nitrogens is 2. The van der Waals surface area contributed by atoms with Crippen LogP contribution in [0.1, 0.15) is 22.6 Å². The van der Waals surface area contributed by atoms with Gasteiger partial charge in [0.25, 0.3) is 0 Å². The number of methoxy groups -OCH3 is 1. The van der Waals surface area contributed by atoms with Crippen LogP contribution < -0.4 is 14.4 Å². The molecule has 0 aliphatic rings. The van der Waals surface area contributed by atoms with E-state index in [0.29, 0.717) is 17.1 Å². The Bertz CT molecular complexity index is 880. The third-order valence-electron chi connectivity index (χ3n) is 3.75. The lowest BCUT2D eigenvalue weighted by atomic mass is 10.1. The van der Waals surface area contributed by atoms with Gasteiger partial charge in [0.05, 0.1) is 18.6 Å². The van der Waals surface area contributed by atoms with Crippen molar-refractivity contribution < 1.29 is 13.2 Å². The zero-order valence-corrected chi connectivity index (χ0v) is 16.2. The molecular weight excluding hydrogens is 340 g/mol. The molecule has 1 aromatic carbocycles. The van der Waals surface area contributed by atoms with Gasteiger partial charge in [-0.3, -0.25) is 0 Å². The second kappa shape index (κ2) is 7.37. The quantitative estimate of drug-likeness (QED) is 0.843. The van der Waals surface area contributed by atoms with Gasteiger partial charge in [0.15, 0.2) is 0 Å². The minimum atomic E-state index is -3.68. The highest BCUT2D eigenvalue weighted by Crippen LogP contribution is 2.25. The van der Waals surface area contributed by atoms with E-state index in [4.69, 9.17) is 4.74 Å². The number of ether oxygens (including phenoxy) is 1. The monoisotopic (exact) mass is 364 g/mol. The average molecular weight is 364 g/mol. The second-order valence-electron chi connectivity index (χ2n) is 6.09. The van der Waals surface area contributed by atoms with Gasteiger partial charge in [-0.15, -0.1) is 0 Å². The van der Waals surface area contributed by atoms with Crippen LogP contribution in [0.25, 0.3) is 0 Å². The predicted molar refractivity (Wildman–Crippen MR) is 97.6 cm³/mol. The number of nitrogens with one attached hydrogen (secondary N) is 1. The van der Waals surface area contributed by atoms with Gasteiger partial charge in [-0.25, -0.2) is 23.1 Å². The summed E-state index contributed by atoms with van der Waals surface area (Å²) in [4.78, 5) is 10.7. The van der Waals surface area contributed by atoms with Crippen LogP contribution in [0.5, 0.6) is 5.75 Å². The van der Waals surface area contributed by atoms with E-state index in [1.165, 1.54) is 0 Å². The Morgan fingerprint density at radius 1 is 1.08 bits per heavy atom. The van der Waals surface area contributed by atoms with Gasteiger partial charge >= 0.3 is 0 Å². The highest BCUT2D eigenvalue weighted by Gasteiger charge is 2.19. The number of nitrogens with zero attached hydrogens (tertiary/aromatic N) is 3. The van der Waals surface area contributed by atoms with Crippen LogP contribution in [-0.4, -0.2) is 39.6 Å². The molecule has 0 atom stereocenters. The first-order valence-electron chi connectivity index (χ1n) is 7.81. The van der Waals surface area contributed by atoms with Gasteiger partial charge < -0.3 is 9.64 Å². The molecule has 2 aromatic rings. The average Bonchev–Trinajstić information content (AvgIpc) is 2.54. The van der Waals surface area contributed by atoms with Crippen molar-refractivity contribution in [2.45, 2.75) is 32.2 Å². The van der Waals surface area contributed by atoms with Gasteiger partial charge in [-0.1, -0.05) is 0 Å². The fourth-order valence-corrected chi connectivity index (χ4v) is 3.72. The first kappa shape index (κ1) is 19.1. The van der Waals surface area contributed by atoms with Crippen molar-refractivity contribution in [3.63, 3.8) is 0 Å². The molecule has 0 bridgehead atoms. The first-order valence-corrected chi connectivity index (χ1v) is 9.29. The Labute approximate surface area is 149 Å². The zero-order chi connectivity index (χ0) is 18.8. The summed E-state index contributed by atoms with van der Waals surface area (Å²) in [6.07, 6.45) is 0. The number of hydrogen-bond acceptors (Lipinski definition) is 6. The second-order valence-corrected chi connectivity index (χ2v) is 7.83. The van der Waals surface area contributed by atoms with E-state index in [1.807, 2.05) is 38.9 Å². The maximum Gasteiger partial charge on any atom is 0.241 e. The van der Waals surface area contributed by atoms with E-state index in [0.717, 1.165) is 17.1 Å². The molecule has 0 fully saturated rings. The summed E-state index contributed by atoms with van der Waals surface area (Å²) in [6.45, 7) is 5.42. The Hall–Kier alpha value is -2.19. The summed E-state index contributed by atoms with van der Waals surface area (Å²) in [5, 5.41) is 0. The van der Waals surface area contributed by atoms with Crippen molar-refractivity contribution in [1.82, 2.24) is 14.7 Å². The van der Waals surface area contributed by atoms with Crippen molar-refractivity contribution in [2.24, 2.45) is 0 Å². The van der Waals surface area contributed by atoms with Crippen molar-refractivity contribution in [2.75, 3.05) is 26.1 Å². The highest BCUT2D eigenvalue weighted by molar-refractivity contribution is 7.89. The largest absolute Gasteiger partial charge is 0.496 e. The summed E-state index contributed by atoms with van der Waals surface area (Å²) in [5.74, 6) is 1.82. The Morgan fingerprint density at radius 2 is 1.76 bits per heavy atom. The normalized spacial score (nSPS) is 11.4. The zero-order valence-electron chi connectivity index (χ0n) is 15.4. The maximum absolute atomic E-state index is 12.7. The lowest BCUT2D eigenvalue weighted by Crippen LogP contribution is -2.26. The summed E-state index contributed by atoms with van der Waals surface area (Å²) in [6, 6.07) is 5.17. The molecule has 0 saturated carbocycles. The molecular formula is C17H24N4O3S. The van der Waals surface area contributed by atoms with Crippen LogP contribution in [-0.2, 0) is 16.6 Å². The highest BCUT2D eigenvalue weighted by atomic mass is 32.2. The molecule has 1 heterocycles. The topological polar surface area (TPSA) is 84.4 Å². The summed E-state index contributed by atoms with van der Waals surface area (Å²) in [5.41, 5.74) is 2.16. The van der Waals surface area contributed by atoms with E-state index in [9.17, 15) is 8.42 Å². The fraction of sp³-hybridized carbons (Fsp3) is 0.412. The summed E-state index contributed by atoms with van der Waals surface area (Å²) in [7, 11) is 1.63. The Kier molecular flexibility index (Phi) is 5.64. The van der Waals surface area contributed by atoms with Gasteiger partial charge in [0.2, 0.25) is 10.0 Å². The lowest BCUT2D eigenvalue weighted by molar-refractivity contribution is 0.411. The van der Waals surface area contributed by atoms with Gasteiger partial charge in [0.1, 0.15) is 17.4 Å². The molecule has 1 aromatic heterocycles. The minimum Gasteiger partial charge on any atom is -0.496 e. The molecule has 136 valence electrons. The molecule has 0 unspecified atom stereocenters. The van der Waals surface area contributed by atoms with E-state index >= 15 is 0 Å². The smallest absolute Gasteiger partial charge is 0.241 e. The van der Waals surface area contributed by atoms with Crippen LogP contribution in [0.2, 0.25) is 0 Å². The Morgan fingerprint density at radius 3 is 2.36 bits per heavy atom. The molecule has 0 radical (unpaired) electrons. The fourth-order valence-electron chi connectivity index (χ4n) is 2.43. The standard InChI is InChI=1S/C17H24N4O3S/c1-11-8-15(12(2)7-14(11)24-6)25(22,23)18-10-16-19-13(3)9-17(20-16)21(4)5/h7-9,18H,10H2,1-6H3. The molecule has 0 amide bonds. The molecule has 0 aliphatic heterocycles. The van der Waals surface area contributed by atoms with Crippen LogP contribution in [0.3, 0.4) is 0 Å². The molecule has 2 rings (SSSR count). The lowest BCUT2D eigenvalue weighted by Gasteiger charge is -2.14. The van der Waals surface area contributed by atoms with Crippen LogP contribution in [0, 0.1) is 20.8 Å². The number of aryl methyl sites for hydroxylation is 3. The van der Waals surface area contributed by atoms with Gasteiger partial charge in [0, 0.05) is 25.9 Å². The van der Waals surface area contributed by atoms with Crippen molar-refractivity contribution in [3.8, 4) is 5.75 Å². The maximum atomic E-state index is 12.7. The Balaban J connectivity index is 2.27. The van der Waals surface area contributed by atoms with Gasteiger partial charge in [-0.05, 0) is 44.0 Å². The van der Waals surface area contributed by atoms with Crippen LogP contribution in [0.15, 0.2) is 23.1 Å². The number of anilines is 1. The predicted octanol–water partition coefficient (Wildman–Crippen LogP) is 1.95. The molecule has 0 spiro atoms. The third-order valence-corrected chi connectivity index (χ3v) is 5.29. The van der Waals surface area contributed by atoms with E-state index in [-0.39, 0.29) is 11.4 Å². The number of rotatable bonds is 6. The molecule has 25 heavy (non-hydrogen) atoms. The van der Waals surface area contributed by atoms with E-state index in [1.54, 1.807) is 26.2 Å². The van der Waals surface area contributed by atoms with Gasteiger partial charge in [-0.2, -0.15) is 0 Å². The number of benzene rings is 1. The van der Waals surface area contributed by atoms with E-state index < -0.39 is 10.0 Å². The van der Waals surface area contributed by atoms with Crippen LogP contribution in [0.4, 0.5) is 5.82 Å². The van der Waals surface area contributed by atoms with Crippen molar-refractivity contribution in [1.29, 1.82) is 0 Å².